The van der Waals surface area contributed by atoms with Gasteiger partial charge in [-0.1, -0.05) is 12.1 Å². The second-order valence-electron chi connectivity index (χ2n) is 7.81. The minimum Gasteiger partial charge on any atom is -0.492 e. The average Bonchev–Trinajstić information content (AvgIpc) is 3.07. The van der Waals surface area contributed by atoms with Crippen molar-refractivity contribution in [1.29, 1.82) is 0 Å². The van der Waals surface area contributed by atoms with Gasteiger partial charge in [-0.25, -0.2) is 9.67 Å². The molecule has 0 aliphatic carbocycles. The average molecular weight is 397 g/mol. The third kappa shape index (κ3) is 4.31. The van der Waals surface area contributed by atoms with Crippen molar-refractivity contribution in [3.05, 3.63) is 46.6 Å². The summed E-state index contributed by atoms with van der Waals surface area (Å²) >= 11 is 0. The molecule has 0 aliphatic rings. The summed E-state index contributed by atoms with van der Waals surface area (Å²) in [5.41, 5.74) is 0.702. The minimum absolute atomic E-state index is 0.141. The van der Waals surface area contributed by atoms with Crippen LogP contribution in [0.4, 0.5) is 5.69 Å². The van der Waals surface area contributed by atoms with Crippen LogP contribution in [0.5, 0.6) is 5.75 Å². The zero-order chi connectivity index (χ0) is 21.2. The van der Waals surface area contributed by atoms with Crippen LogP contribution in [0.15, 0.2) is 35.3 Å². The Labute approximate surface area is 169 Å². The van der Waals surface area contributed by atoms with Crippen LogP contribution >= 0.6 is 0 Å². The summed E-state index contributed by atoms with van der Waals surface area (Å²) in [6, 6.07) is 7.27. The number of anilines is 1. The molecule has 0 saturated heterocycles. The van der Waals surface area contributed by atoms with E-state index in [9.17, 15) is 9.59 Å². The summed E-state index contributed by atoms with van der Waals surface area (Å²) < 4.78 is 8.79. The molecule has 0 bridgehead atoms. The number of rotatable bonds is 6. The zero-order valence-corrected chi connectivity index (χ0v) is 17.5. The number of amides is 1. The van der Waals surface area contributed by atoms with E-state index in [-0.39, 0.29) is 30.0 Å². The summed E-state index contributed by atoms with van der Waals surface area (Å²) in [6.07, 6.45) is 1.69. The molecule has 0 atom stereocenters. The molecule has 1 aromatic carbocycles. The number of nitrogens with one attached hydrogen (secondary N) is 1. The zero-order valence-electron chi connectivity index (χ0n) is 17.5. The molecule has 8 heteroatoms. The van der Waals surface area contributed by atoms with Crippen LogP contribution in [0.3, 0.4) is 0 Å². The number of benzene rings is 1. The van der Waals surface area contributed by atoms with Crippen molar-refractivity contribution < 1.29 is 9.53 Å². The summed E-state index contributed by atoms with van der Waals surface area (Å²) in [5.74, 6) is 0.972. The maximum Gasteiger partial charge on any atom is 0.264 e. The molecule has 29 heavy (non-hydrogen) atoms. The molecule has 0 radical (unpaired) electrons. The van der Waals surface area contributed by atoms with Crippen molar-refractivity contribution >= 4 is 22.6 Å². The van der Waals surface area contributed by atoms with Crippen LogP contribution in [-0.2, 0) is 16.9 Å². The first kappa shape index (κ1) is 20.6. The number of carbonyl (C=O) groups excluding carboxylic acids is 1. The lowest BCUT2D eigenvalue weighted by molar-refractivity contribution is -0.116. The molecule has 0 fully saturated rings. The van der Waals surface area contributed by atoms with Gasteiger partial charge in [0.25, 0.3) is 5.56 Å². The molecular weight excluding hydrogens is 370 g/mol. The topological polar surface area (TPSA) is 91.0 Å². The van der Waals surface area contributed by atoms with Gasteiger partial charge < -0.3 is 10.1 Å². The number of fused-ring (bicyclic) bond motifs is 1. The Morgan fingerprint density at radius 2 is 1.97 bits per heavy atom. The van der Waals surface area contributed by atoms with Gasteiger partial charge in [0.05, 0.1) is 24.0 Å². The fraction of sp³-hybridized carbons (Fsp3) is 0.429. The highest BCUT2D eigenvalue weighted by molar-refractivity contribution is 5.92. The summed E-state index contributed by atoms with van der Waals surface area (Å²) in [5, 5.41) is 7.64. The molecule has 8 nitrogen and oxygen atoms in total. The number of hydrogen-bond acceptors (Lipinski definition) is 5. The number of aryl methyl sites for hydroxylation is 1. The number of para-hydroxylation sites is 2. The third-order valence-corrected chi connectivity index (χ3v) is 4.54. The maximum absolute atomic E-state index is 12.9. The van der Waals surface area contributed by atoms with Crippen LogP contribution in [0.2, 0.25) is 0 Å². The lowest BCUT2D eigenvalue weighted by Gasteiger charge is -2.20. The Morgan fingerprint density at radius 1 is 1.24 bits per heavy atom. The number of hydrogen-bond donors (Lipinski definition) is 1. The predicted molar refractivity (Wildman–Crippen MR) is 112 cm³/mol. The highest BCUT2D eigenvalue weighted by Crippen LogP contribution is 2.24. The van der Waals surface area contributed by atoms with Crippen molar-refractivity contribution in [2.24, 2.45) is 0 Å². The molecule has 0 saturated carbocycles. The first-order chi connectivity index (χ1) is 13.7. The van der Waals surface area contributed by atoms with Crippen LogP contribution in [0.25, 0.3) is 11.0 Å². The van der Waals surface area contributed by atoms with Crippen LogP contribution in [0.1, 0.15) is 39.9 Å². The molecule has 0 aliphatic heterocycles. The van der Waals surface area contributed by atoms with Gasteiger partial charge in [-0.15, -0.1) is 0 Å². The van der Waals surface area contributed by atoms with E-state index in [0.29, 0.717) is 34.9 Å². The molecule has 2 heterocycles. The Kier molecular flexibility index (Phi) is 5.72. The largest absolute Gasteiger partial charge is 0.492 e. The number of aromatic nitrogens is 4. The third-order valence-electron chi connectivity index (χ3n) is 4.54. The van der Waals surface area contributed by atoms with Crippen LogP contribution in [-0.4, -0.2) is 31.8 Å². The second kappa shape index (κ2) is 8.06. The first-order valence-corrected chi connectivity index (χ1v) is 9.69. The quantitative estimate of drug-likeness (QED) is 0.690. The van der Waals surface area contributed by atoms with E-state index in [2.05, 4.69) is 15.4 Å². The van der Waals surface area contributed by atoms with E-state index in [1.807, 2.05) is 39.8 Å². The number of nitrogens with zero attached hydrogens (tertiary/aromatic N) is 4. The molecule has 0 spiro atoms. The van der Waals surface area contributed by atoms with E-state index in [0.717, 1.165) is 0 Å². The van der Waals surface area contributed by atoms with Gasteiger partial charge in [0.15, 0.2) is 5.65 Å². The van der Waals surface area contributed by atoms with E-state index in [1.165, 1.54) is 4.57 Å². The maximum atomic E-state index is 12.9. The normalized spacial score (nSPS) is 11.6. The van der Waals surface area contributed by atoms with Gasteiger partial charge in [0.1, 0.15) is 17.0 Å². The molecule has 154 valence electrons. The van der Waals surface area contributed by atoms with E-state index < -0.39 is 0 Å². The minimum atomic E-state index is -0.284. The molecule has 2 aromatic heterocycles. The summed E-state index contributed by atoms with van der Waals surface area (Å²) in [4.78, 5) is 29.9. The molecule has 3 rings (SSSR count). The van der Waals surface area contributed by atoms with Gasteiger partial charge in [-0.05, 0) is 46.8 Å². The molecule has 1 amide bonds. The fourth-order valence-corrected chi connectivity index (χ4v) is 3.14. The van der Waals surface area contributed by atoms with E-state index in [1.54, 1.807) is 29.9 Å². The summed E-state index contributed by atoms with van der Waals surface area (Å²) in [7, 11) is 0. The smallest absolute Gasteiger partial charge is 0.264 e. The Balaban J connectivity index is 1.79. The molecule has 0 unspecified atom stereocenters. The van der Waals surface area contributed by atoms with Gasteiger partial charge in [-0.2, -0.15) is 5.10 Å². The second-order valence-corrected chi connectivity index (χ2v) is 7.81. The van der Waals surface area contributed by atoms with Crippen molar-refractivity contribution in [3.63, 3.8) is 0 Å². The summed E-state index contributed by atoms with van der Waals surface area (Å²) in [6.45, 7) is 10.4. The lowest BCUT2D eigenvalue weighted by Crippen LogP contribution is -2.28. The van der Waals surface area contributed by atoms with Gasteiger partial charge in [-0.3, -0.25) is 14.2 Å². The van der Waals surface area contributed by atoms with Crippen molar-refractivity contribution in [2.45, 2.75) is 53.1 Å². The Hall–Kier alpha value is -3.16. The monoisotopic (exact) mass is 397 g/mol. The fourth-order valence-electron chi connectivity index (χ4n) is 3.14. The molecule has 1 N–H and O–H groups in total. The van der Waals surface area contributed by atoms with Crippen molar-refractivity contribution in [1.82, 2.24) is 19.3 Å². The highest BCUT2D eigenvalue weighted by atomic mass is 16.5. The Morgan fingerprint density at radius 3 is 2.66 bits per heavy atom. The van der Waals surface area contributed by atoms with Crippen LogP contribution in [0, 0.1) is 6.92 Å². The SMILES string of the molecule is CCOc1ccccc1NC(=O)CCn1c(C)nc2c(cnn2C(C)(C)C)c1=O. The Bertz CT molecular complexity index is 1090. The molecular formula is C21H27N5O3. The first-order valence-electron chi connectivity index (χ1n) is 9.69. The van der Waals surface area contributed by atoms with Crippen molar-refractivity contribution in [2.75, 3.05) is 11.9 Å². The number of ether oxygens (including phenoxy) is 1. The van der Waals surface area contributed by atoms with Crippen LogP contribution < -0.4 is 15.6 Å². The van der Waals surface area contributed by atoms with E-state index in [4.69, 9.17) is 4.74 Å². The lowest BCUT2D eigenvalue weighted by atomic mass is 10.1. The van der Waals surface area contributed by atoms with Gasteiger partial charge in [0, 0.05) is 13.0 Å². The predicted octanol–water partition coefficient (Wildman–Crippen LogP) is 3.08. The molecule has 3 aromatic rings. The number of carbonyl (C=O) groups is 1. The highest BCUT2D eigenvalue weighted by Gasteiger charge is 2.21. The standard InChI is InChI=1S/C21H27N5O3/c1-6-29-17-10-8-7-9-16(17)24-18(27)11-12-25-14(2)23-19-15(20(25)28)13-22-26(19)21(3,4)5/h7-10,13H,6,11-12H2,1-5H3,(H,24,27). The van der Waals surface area contributed by atoms with Gasteiger partial charge in [0.2, 0.25) is 5.91 Å². The van der Waals surface area contributed by atoms with Gasteiger partial charge >= 0.3 is 0 Å². The van der Waals surface area contributed by atoms with E-state index >= 15 is 0 Å². The van der Waals surface area contributed by atoms with Crippen molar-refractivity contribution in [3.8, 4) is 5.75 Å².